The molecule has 1 aromatic heterocycles. The first-order valence-electron chi connectivity index (χ1n) is 6.65. The van der Waals surface area contributed by atoms with Gasteiger partial charge in [0, 0.05) is 5.57 Å². The molecule has 1 N–H and O–H groups in total. The largest absolute Gasteiger partial charge is 0.433 e. The summed E-state index contributed by atoms with van der Waals surface area (Å²) in [4.78, 5) is 15.6. The maximum atomic E-state index is 12.4. The lowest BCUT2D eigenvalue weighted by molar-refractivity contribution is -0.141. The van der Waals surface area contributed by atoms with Gasteiger partial charge in [0.2, 0.25) is 0 Å². The first-order chi connectivity index (χ1) is 10.4. The van der Waals surface area contributed by atoms with Crippen molar-refractivity contribution in [3.05, 3.63) is 70.1 Å². The molecule has 3 nitrogen and oxygen atoms in total. The smallest absolute Gasteiger partial charge is 0.321 e. The van der Waals surface area contributed by atoms with Crippen molar-refractivity contribution >= 4 is 11.6 Å². The van der Waals surface area contributed by atoms with Crippen LogP contribution in [0.25, 0.3) is 0 Å². The standard InChI is InChI=1S/C16H9F3N2O/c17-16(18,19)14-4-1-9(7-20-14)21-15(22)11-3-2-10-12-5-8(12)6-13(10)11/h1-4,6-7H,5H2,(H,21,22). The Morgan fingerprint density at radius 1 is 1.18 bits per heavy atom. The molecule has 0 aliphatic heterocycles. The van der Waals surface area contributed by atoms with E-state index in [0.29, 0.717) is 5.57 Å². The first kappa shape index (κ1) is 13.1. The van der Waals surface area contributed by atoms with Crippen molar-refractivity contribution in [3.8, 4) is 0 Å². The van der Waals surface area contributed by atoms with Gasteiger partial charge in [-0.05, 0) is 53.0 Å². The van der Waals surface area contributed by atoms with E-state index in [4.69, 9.17) is 0 Å². The second kappa shape index (κ2) is 4.19. The minimum absolute atomic E-state index is 0.233. The molecule has 6 heteroatoms. The van der Waals surface area contributed by atoms with E-state index in [1.807, 2.05) is 12.2 Å². The van der Waals surface area contributed by atoms with E-state index >= 15 is 0 Å². The number of rotatable bonds is 2. The van der Waals surface area contributed by atoms with Crippen LogP contribution in [-0.4, -0.2) is 10.9 Å². The molecule has 0 spiro atoms. The molecular weight excluding hydrogens is 293 g/mol. The van der Waals surface area contributed by atoms with Crippen LogP contribution in [0.1, 0.15) is 12.1 Å². The molecule has 22 heavy (non-hydrogen) atoms. The molecule has 0 saturated heterocycles. The fourth-order valence-corrected chi connectivity index (χ4v) is 2.67. The van der Waals surface area contributed by atoms with Gasteiger partial charge in [-0.2, -0.15) is 13.2 Å². The van der Waals surface area contributed by atoms with E-state index in [1.54, 1.807) is 6.08 Å². The highest BCUT2D eigenvalue weighted by molar-refractivity contribution is 6.10. The summed E-state index contributed by atoms with van der Waals surface area (Å²) in [7, 11) is 0. The third-order valence-electron chi connectivity index (χ3n) is 3.83. The van der Waals surface area contributed by atoms with Gasteiger partial charge in [-0.3, -0.25) is 4.79 Å². The van der Waals surface area contributed by atoms with Crippen LogP contribution in [0.4, 0.5) is 18.9 Å². The highest BCUT2D eigenvalue weighted by Crippen LogP contribution is 2.51. The summed E-state index contributed by atoms with van der Waals surface area (Å²) in [5, 5.41) is 2.58. The lowest BCUT2D eigenvalue weighted by Crippen LogP contribution is -2.16. The Kier molecular flexibility index (Phi) is 2.49. The second-order valence-electron chi connectivity index (χ2n) is 5.28. The Morgan fingerprint density at radius 2 is 2.00 bits per heavy atom. The van der Waals surface area contributed by atoms with Gasteiger partial charge in [0.15, 0.2) is 0 Å². The molecule has 3 aliphatic rings. The molecule has 0 unspecified atom stereocenters. The molecule has 4 rings (SSSR count). The van der Waals surface area contributed by atoms with E-state index in [9.17, 15) is 18.0 Å². The van der Waals surface area contributed by atoms with E-state index in [0.717, 1.165) is 29.8 Å². The minimum atomic E-state index is -4.49. The van der Waals surface area contributed by atoms with E-state index in [-0.39, 0.29) is 11.6 Å². The summed E-state index contributed by atoms with van der Waals surface area (Å²) < 4.78 is 37.3. The van der Waals surface area contributed by atoms with Crippen LogP contribution in [0.5, 0.6) is 0 Å². The van der Waals surface area contributed by atoms with Crippen LogP contribution in [0.15, 0.2) is 64.4 Å². The molecule has 0 radical (unpaired) electrons. The monoisotopic (exact) mass is 302 g/mol. The van der Waals surface area contributed by atoms with Crippen LogP contribution in [0.2, 0.25) is 0 Å². The first-order valence-corrected chi connectivity index (χ1v) is 6.65. The quantitative estimate of drug-likeness (QED) is 0.908. The van der Waals surface area contributed by atoms with Crippen molar-refractivity contribution in [2.45, 2.75) is 12.6 Å². The van der Waals surface area contributed by atoms with E-state index in [2.05, 4.69) is 10.3 Å². The average Bonchev–Trinajstić information content (AvgIpc) is 2.93. The zero-order valence-electron chi connectivity index (χ0n) is 11.2. The van der Waals surface area contributed by atoms with Gasteiger partial charge in [-0.25, -0.2) is 4.98 Å². The number of anilines is 1. The zero-order chi connectivity index (χ0) is 15.5. The molecule has 1 aromatic rings. The summed E-state index contributed by atoms with van der Waals surface area (Å²) in [5.41, 5.74) is 4.31. The molecule has 0 saturated carbocycles. The lowest BCUT2D eigenvalue weighted by Gasteiger charge is -2.10. The van der Waals surface area contributed by atoms with Crippen LogP contribution >= 0.6 is 0 Å². The van der Waals surface area contributed by atoms with Crippen LogP contribution in [0, 0.1) is 0 Å². The average molecular weight is 302 g/mol. The number of carbonyl (C=O) groups excluding carboxylic acids is 1. The number of hydrogen-bond acceptors (Lipinski definition) is 2. The molecule has 1 amide bonds. The summed E-state index contributed by atoms with van der Waals surface area (Å²) in [6, 6.07) is 2.04. The van der Waals surface area contributed by atoms with Crippen molar-refractivity contribution in [3.63, 3.8) is 0 Å². The summed E-state index contributed by atoms with van der Waals surface area (Å²) in [5.74, 6) is -0.346. The lowest BCUT2D eigenvalue weighted by atomic mass is 10.0. The summed E-state index contributed by atoms with van der Waals surface area (Å²) in [6.07, 6.45) is 3.14. The third kappa shape index (κ3) is 1.99. The number of aromatic nitrogens is 1. The highest BCUT2D eigenvalue weighted by Gasteiger charge is 2.36. The molecule has 0 bridgehead atoms. The Morgan fingerprint density at radius 3 is 2.68 bits per heavy atom. The number of carbonyl (C=O) groups is 1. The zero-order valence-corrected chi connectivity index (χ0v) is 11.2. The number of halogens is 3. The number of amides is 1. The molecule has 0 atom stereocenters. The van der Waals surface area contributed by atoms with Crippen molar-refractivity contribution < 1.29 is 18.0 Å². The van der Waals surface area contributed by atoms with Crippen molar-refractivity contribution in [2.75, 3.05) is 5.32 Å². The number of alkyl halides is 3. The molecule has 1 heterocycles. The summed E-state index contributed by atoms with van der Waals surface area (Å²) >= 11 is 0. The fraction of sp³-hybridized carbons (Fsp3) is 0.125. The number of allylic oxidation sites excluding steroid dienone is 6. The number of pyridine rings is 1. The van der Waals surface area contributed by atoms with E-state index in [1.165, 1.54) is 17.2 Å². The van der Waals surface area contributed by atoms with E-state index < -0.39 is 11.9 Å². The number of fused-ring (bicyclic) bond motifs is 2. The molecule has 0 fully saturated rings. The number of hydrogen-bond donors (Lipinski definition) is 1. The third-order valence-corrected chi connectivity index (χ3v) is 3.83. The van der Waals surface area contributed by atoms with Gasteiger partial charge in [0.25, 0.3) is 5.91 Å². The summed E-state index contributed by atoms with van der Waals surface area (Å²) in [6.45, 7) is 0. The Labute approximate surface area is 123 Å². The number of nitrogens with zero attached hydrogens (tertiary/aromatic N) is 1. The van der Waals surface area contributed by atoms with Gasteiger partial charge >= 0.3 is 6.18 Å². The van der Waals surface area contributed by atoms with Crippen molar-refractivity contribution in [2.24, 2.45) is 0 Å². The Balaban J connectivity index is 1.48. The van der Waals surface area contributed by atoms with Crippen LogP contribution < -0.4 is 5.32 Å². The van der Waals surface area contributed by atoms with Gasteiger partial charge in [0.1, 0.15) is 5.69 Å². The number of nitrogens with one attached hydrogen (secondary N) is 1. The minimum Gasteiger partial charge on any atom is -0.321 e. The molecule has 110 valence electrons. The molecule has 0 aromatic carbocycles. The second-order valence-corrected chi connectivity index (χ2v) is 5.28. The normalized spacial score (nSPS) is 18.4. The van der Waals surface area contributed by atoms with Crippen molar-refractivity contribution in [1.29, 1.82) is 0 Å². The topological polar surface area (TPSA) is 42.0 Å². The van der Waals surface area contributed by atoms with Crippen molar-refractivity contribution in [1.82, 2.24) is 4.98 Å². The SMILES string of the molecule is O=C(Nc1ccc(C(F)(F)F)nc1)C1=CC=C2C1=CC1=C2C1. The predicted octanol–water partition coefficient (Wildman–Crippen LogP) is 3.55. The fourth-order valence-electron chi connectivity index (χ4n) is 2.67. The maximum Gasteiger partial charge on any atom is 0.433 e. The maximum absolute atomic E-state index is 12.4. The molecular formula is C16H9F3N2O. The van der Waals surface area contributed by atoms with Gasteiger partial charge in [0.05, 0.1) is 11.9 Å². The Hall–Kier alpha value is -2.63. The van der Waals surface area contributed by atoms with Gasteiger partial charge < -0.3 is 5.32 Å². The molecule has 3 aliphatic carbocycles. The predicted molar refractivity (Wildman–Crippen MR) is 73.8 cm³/mol. The van der Waals surface area contributed by atoms with Gasteiger partial charge in [-0.1, -0.05) is 6.08 Å². The van der Waals surface area contributed by atoms with Crippen LogP contribution in [0.3, 0.4) is 0 Å². The van der Waals surface area contributed by atoms with Gasteiger partial charge in [-0.15, -0.1) is 0 Å². The van der Waals surface area contributed by atoms with Crippen LogP contribution in [-0.2, 0) is 11.0 Å². The highest BCUT2D eigenvalue weighted by atomic mass is 19.4. The Bertz CT molecular complexity index is 824.